The number of Topliss-reactive ketones (excluding diaryl/α,β-unsaturated/α-hetero) is 1. The molecule has 2 aliphatic heterocycles. The largest absolute Gasteiger partial charge is 0.444 e. The standard InChI is InChI=1S/C35H46N8O5S/c1-38-27(17-16-23-11-4-2-5-12-23)33(46)43-22-24(48-35(47)42-19-8-3-9-20-42)21-28(43)31(45)40-26(14-10-18-39-34(36)37)30(44)32-41-25-13-6-7-15-29(25)49-32/h2,4-7,11-13,15,24,26-28,38H,3,8-10,14,16-22H2,1H3,(H,40,45)(H4,36,37,39)/t24-,26+,27-,28+/m1/s1. The smallest absolute Gasteiger partial charge is 0.410 e. The first-order chi connectivity index (χ1) is 23.7. The number of para-hydroxylation sites is 1. The average molecular weight is 691 g/mol. The number of benzene rings is 2. The van der Waals surface area contributed by atoms with E-state index in [0.29, 0.717) is 44.4 Å². The van der Waals surface area contributed by atoms with E-state index < -0.39 is 36.2 Å². The van der Waals surface area contributed by atoms with Crippen LogP contribution in [0.4, 0.5) is 4.79 Å². The first-order valence-electron chi connectivity index (χ1n) is 17.0. The molecule has 2 aliphatic rings. The number of hydrogen-bond acceptors (Lipinski definition) is 9. The highest BCUT2D eigenvalue weighted by Gasteiger charge is 2.44. The lowest BCUT2D eigenvalue weighted by molar-refractivity contribution is -0.140. The number of nitrogens with two attached hydrogens (primary N) is 1. The van der Waals surface area contributed by atoms with Crippen LogP contribution in [0.1, 0.15) is 60.3 Å². The van der Waals surface area contributed by atoms with Crippen molar-refractivity contribution in [2.75, 3.05) is 33.2 Å². The van der Waals surface area contributed by atoms with Gasteiger partial charge in [-0.25, -0.2) is 9.78 Å². The molecule has 2 aromatic carbocycles. The van der Waals surface area contributed by atoms with Crippen molar-refractivity contribution in [1.29, 1.82) is 5.41 Å². The van der Waals surface area contributed by atoms with Crippen LogP contribution in [0, 0.1) is 5.41 Å². The summed E-state index contributed by atoms with van der Waals surface area (Å²) in [5, 5.41) is 16.5. The zero-order chi connectivity index (χ0) is 34.8. The van der Waals surface area contributed by atoms with Crippen LogP contribution >= 0.6 is 11.3 Å². The van der Waals surface area contributed by atoms with Gasteiger partial charge in [-0.15, -0.1) is 11.3 Å². The number of thiazole rings is 1. The van der Waals surface area contributed by atoms with Crippen LogP contribution in [0.5, 0.6) is 0 Å². The number of carbonyl (C=O) groups excluding carboxylic acids is 4. The second kappa shape index (κ2) is 17.2. The van der Waals surface area contributed by atoms with E-state index in [1.165, 1.54) is 16.2 Å². The van der Waals surface area contributed by atoms with Crippen molar-refractivity contribution < 1.29 is 23.9 Å². The molecule has 0 unspecified atom stereocenters. The van der Waals surface area contributed by atoms with E-state index in [9.17, 15) is 19.2 Å². The quantitative estimate of drug-likeness (QED) is 0.0735. The summed E-state index contributed by atoms with van der Waals surface area (Å²) in [7, 11) is 1.72. The summed E-state index contributed by atoms with van der Waals surface area (Å²) in [4.78, 5) is 62.8. The first kappa shape index (κ1) is 35.7. The number of aromatic nitrogens is 1. The second-order valence-corrected chi connectivity index (χ2v) is 13.6. The minimum Gasteiger partial charge on any atom is -0.444 e. The number of ketones is 1. The van der Waals surface area contributed by atoms with Gasteiger partial charge >= 0.3 is 6.09 Å². The van der Waals surface area contributed by atoms with Gasteiger partial charge < -0.3 is 36.2 Å². The highest BCUT2D eigenvalue weighted by Crippen LogP contribution is 2.26. The Labute approximate surface area is 290 Å². The Morgan fingerprint density at radius 2 is 1.76 bits per heavy atom. The van der Waals surface area contributed by atoms with Gasteiger partial charge in [0.15, 0.2) is 11.0 Å². The number of nitrogens with one attached hydrogen (secondary N) is 4. The normalized spacial score (nSPS) is 18.9. The molecule has 3 aromatic rings. The summed E-state index contributed by atoms with van der Waals surface area (Å²) < 4.78 is 6.74. The van der Waals surface area contributed by atoms with Crippen LogP contribution in [0.3, 0.4) is 0 Å². The topological polar surface area (TPSA) is 183 Å². The number of nitrogens with zero attached hydrogens (tertiary/aromatic N) is 3. The Kier molecular flexibility index (Phi) is 12.5. The molecule has 13 nitrogen and oxygen atoms in total. The van der Waals surface area contributed by atoms with E-state index in [2.05, 4.69) is 20.9 Å². The second-order valence-electron chi connectivity index (χ2n) is 12.6. The van der Waals surface area contributed by atoms with Crippen molar-refractivity contribution in [2.45, 2.75) is 75.6 Å². The lowest BCUT2D eigenvalue weighted by Crippen LogP contribution is -2.54. The highest BCUT2D eigenvalue weighted by molar-refractivity contribution is 7.20. The van der Waals surface area contributed by atoms with E-state index in [1.54, 1.807) is 11.9 Å². The molecule has 0 bridgehead atoms. The number of hydrogen-bond donors (Lipinski definition) is 5. The molecule has 0 saturated carbocycles. The van der Waals surface area contributed by atoms with E-state index in [0.717, 1.165) is 29.5 Å². The van der Waals surface area contributed by atoms with Gasteiger partial charge in [0, 0.05) is 26.1 Å². The van der Waals surface area contributed by atoms with Crippen molar-refractivity contribution in [3.63, 3.8) is 0 Å². The van der Waals surface area contributed by atoms with Gasteiger partial charge in [0.05, 0.1) is 28.8 Å². The Hall–Kier alpha value is -4.56. The van der Waals surface area contributed by atoms with E-state index in [-0.39, 0.29) is 42.0 Å². The summed E-state index contributed by atoms with van der Waals surface area (Å²) in [5.74, 6) is -1.29. The molecule has 0 radical (unpaired) electrons. The molecule has 5 rings (SSSR count). The fourth-order valence-electron chi connectivity index (χ4n) is 6.41. The third-order valence-corrected chi connectivity index (χ3v) is 10.1. The molecule has 1 aromatic heterocycles. The fourth-order valence-corrected chi connectivity index (χ4v) is 7.37. The number of carbonyl (C=O) groups is 4. The van der Waals surface area contributed by atoms with Gasteiger partial charge in [-0.2, -0.15) is 0 Å². The molecule has 4 atom stereocenters. The van der Waals surface area contributed by atoms with Gasteiger partial charge in [0.1, 0.15) is 12.1 Å². The van der Waals surface area contributed by atoms with Crippen LogP contribution in [0.2, 0.25) is 0 Å². The third-order valence-electron chi connectivity index (χ3n) is 9.06. The summed E-state index contributed by atoms with van der Waals surface area (Å²) in [6, 6.07) is 14.8. The summed E-state index contributed by atoms with van der Waals surface area (Å²) in [6.07, 6.45) is 3.73. The number of likely N-dealkylation sites (tertiary alicyclic amines) is 2. The Morgan fingerprint density at radius 3 is 2.47 bits per heavy atom. The lowest BCUT2D eigenvalue weighted by atomic mass is 10.0. The van der Waals surface area contributed by atoms with Crippen molar-refractivity contribution in [3.05, 3.63) is 65.2 Å². The zero-order valence-electron chi connectivity index (χ0n) is 27.9. The molecule has 6 N–H and O–H groups in total. The monoisotopic (exact) mass is 690 g/mol. The summed E-state index contributed by atoms with van der Waals surface area (Å²) in [6.45, 7) is 1.64. The summed E-state index contributed by atoms with van der Waals surface area (Å²) >= 11 is 1.26. The minimum atomic E-state index is -0.958. The Morgan fingerprint density at radius 1 is 1.02 bits per heavy atom. The molecule has 2 saturated heterocycles. The number of likely N-dealkylation sites (N-methyl/N-ethyl adjacent to an activating group) is 1. The van der Waals surface area contributed by atoms with Gasteiger partial charge in [-0.1, -0.05) is 42.5 Å². The Balaban J connectivity index is 1.34. The molecular weight excluding hydrogens is 645 g/mol. The maximum Gasteiger partial charge on any atom is 0.410 e. The number of ether oxygens (including phenoxy) is 1. The zero-order valence-corrected chi connectivity index (χ0v) is 28.7. The predicted octanol–water partition coefficient (Wildman–Crippen LogP) is 3.04. The molecule has 49 heavy (non-hydrogen) atoms. The molecular formula is C35H46N8O5S. The third kappa shape index (κ3) is 9.54. The SMILES string of the molecule is CN[C@H](CCc1ccccc1)C(=O)N1C[C@H](OC(=O)N2CCCCC2)C[C@H]1C(=O)N[C@@H](CCCNC(=N)N)C(=O)c1nc2ccccc2s1. The molecule has 3 heterocycles. The minimum absolute atomic E-state index is 0.0685. The van der Waals surface area contributed by atoms with Crippen molar-refractivity contribution in [2.24, 2.45) is 5.73 Å². The van der Waals surface area contributed by atoms with Crippen molar-refractivity contribution in [1.82, 2.24) is 30.7 Å². The van der Waals surface area contributed by atoms with Gasteiger partial charge in [-0.05, 0) is 69.7 Å². The van der Waals surface area contributed by atoms with E-state index >= 15 is 0 Å². The molecule has 14 heteroatoms. The van der Waals surface area contributed by atoms with E-state index in [1.807, 2.05) is 54.6 Å². The molecule has 2 fully saturated rings. The maximum absolute atomic E-state index is 14.1. The van der Waals surface area contributed by atoms with Crippen LogP contribution in [0.25, 0.3) is 10.2 Å². The maximum atomic E-state index is 14.1. The number of guanidine groups is 1. The molecule has 0 spiro atoms. The van der Waals surface area contributed by atoms with Crippen molar-refractivity contribution in [3.8, 4) is 0 Å². The number of aryl methyl sites for hydroxylation is 1. The number of piperidine rings is 1. The Bertz CT molecular complexity index is 1580. The summed E-state index contributed by atoms with van der Waals surface area (Å²) in [5.41, 5.74) is 7.23. The number of amides is 3. The number of fused-ring (bicyclic) bond motifs is 1. The lowest BCUT2D eigenvalue weighted by Gasteiger charge is -2.29. The van der Waals surface area contributed by atoms with Crippen LogP contribution < -0.4 is 21.7 Å². The van der Waals surface area contributed by atoms with Crippen LogP contribution in [-0.4, -0.2) is 102 Å². The van der Waals surface area contributed by atoms with Gasteiger partial charge in [0.2, 0.25) is 17.6 Å². The molecule has 0 aliphatic carbocycles. The van der Waals surface area contributed by atoms with Gasteiger partial charge in [0.25, 0.3) is 0 Å². The fraction of sp³-hybridized carbons (Fsp3) is 0.486. The molecule has 262 valence electrons. The van der Waals surface area contributed by atoms with Crippen molar-refractivity contribution >= 4 is 51.2 Å². The molecule has 3 amide bonds. The first-order valence-corrected chi connectivity index (χ1v) is 17.8. The highest BCUT2D eigenvalue weighted by atomic mass is 32.1. The predicted molar refractivity (Wildman–Crippen MR) is 188 cm³/mol. The van der Waals surface area contributed by atoms with Crippen LogP contribution in [0.15, 0.2) is 54.6 Å². The van der Waals surface area contributed by atoms with Gasteiger partial charge in [-0.3, -0.25) is 19.8 Å². The van der Waals surface area contributed by atoms with Crippen LogP contribution in [-0.2, 0) is 20.7 Å². The number of rotatable bonds is 14. The average Bonchev–Trinajstić information content (AvgIpc) is 3.75. The van der Waals surface area contributed by atoms with E-state index in [4.69, 9.17) is 15.9 Å².